The molecule has 7 nitrogen and oxygen atoms in total. The smallest absolute Gasteiger partial charge is 0.295 e. The molecule has 1 unspecified atom stereocenters. The second-order valence-electron chi connectivity index (χ2n) is 10.8. The summed E-state index contributed by atoms with van der Waals surface area (Å²) in [5, 5.41) is 11.5. The number of ether oxygens (including phenoxy) is 2. The Morgan fingerprint density at radius 1 is 0.975 bits per heavy atom. The molecule has 1 saturated heterocycles. The van der Waals surface area contributed by atoms with Crippen LogP contribution >= 0.6 is 0 Å². The van der Waals surface area contributed by atoms with Crippen LogP contribution in [0.4, 0.5) is 0 Å². The lowest BCUT2D eigenvalue weighted by Gasteiger charge is -2.28. The van der Waals surface area contributed by atoms with Gasteiger partial charge in [0.05, 0.1) is 24.8 Å². The Labute approximate surface area is 239 Å². The van der Waals surface area contributed by atoms with Crippen LogP contribution in [0.2, 0.25) is 0 Å². The van der Waals surface area contributed by atoms with Gasteiger partial charge in [-0.25, -0.2) is 0 Å². The molecule has 0 aliphatic carbocycles. The molecule has 3 rings (SSSR count). The number of likely N-dealkylation sites (tertiary alicyclic amines) is 1. The van der Waals surface area contributed by atoms with Gasteiger partial charge in [0.25, 0.3) is 11.7 Å². The van der Waals surface area contributed by atoms with E-state index in [9.17, 15) is 14.7 Å². The van der Waals surface area contributed by atoms with Gasteiger partial charge >= 0.3 is 0 Å². The summed E-state index contributed by atoms with van der Waals surface area (Å²) in [5.74, 6) is 0.409. The number of carbonyl (C=O) groups is 2. The molecule has 1 amide bonds. The number of ketones is 1. The van der Waals surface area contributed by atoms with Crippen molar-refractivity contribution in [3.05, 3.63) is 64.7 Å². The average molecular weight is 551 g/mol. The second-order valence-corrected chi connectivity index (χ2v) is 10.8. The first kappa shape index (κ1) is 31.2. The third kappa shape index (κ3) is 7.66. The fraction of sp³-hybridized carbons (Fsp3) is 0.515. The Morgan fingerprint density at radius 3 is 2.25 bits per heavy atom. The van der Waals surface area contributed by atoms with E-state index < -0.39 is 17.7 Å². The molecule has 1 atom stereocenters. The van der Waals surface area contributed by atoms with Crippen LogP contribution in [0.25, 0.3) is 5.76 Å². The second kappa shape index (κ2) is 14.9. The van der Waals surface area contributed by atoms with Crippen LogP contribution in [0.5, 0.6) is 11.5 Å². The molecule has 0 radical (unpaired) electrons. The van der Waals surface area contributed by atoms with E-state index in [1.807, 2.05) is 37.3 Å². The molecule has 40 heavy (non-hydrogen) atoms. The summed E-state index contributed by atoms with van der Waals surface area (Å²) in [5.41, 5.74) is 2.15. The summed E-state index contributed by atoms with van der Waals surface area (Å²) in [6.07, 6.45) is 3.23. The van der Waals surface area contributed by atoms with Crippen molar-refractivity contribution in [2.24, 2.45) is 5.92 Å². The summed E-state index contributed by atoms with van der Waals surface area (Å²) in [4.78, 5) is 30.6. The number of aryl methyl sites for hydroxylation is 1. The fourth-order valence-electron chi connectivity index (χ4n) is 4.93. The lowest BCUT2D eigenvalue weighted by molar-refractivity contribution is -0.140. The summed E-state index contributed by atoms with van der Waals surface area (Å²) in [7, 11) is 0. The van der Waals surface area contributed by atoms with Gasteiger partial charge in [0, 0.05) is 18.7 Å². The van der Waals surface area contributed by atoms with Crippen LogP contribution in [-0.4, -0.2) is 66.0 Å². The van der Waals surface area contributed by atoms with Gasteiger partial charge < -0.3 is 24.4 Å². The van der Waals surface area contributed by atoms with E-state index in [4.69, 9.17) is 9.47 Å². The van der Waals surface area contributed by atoms with E-state index in [2.05, 4.69) is 39.5 Å². The predicted molar refractivity (Wildman–Crippen MR) is 160 cm³/mol. The van der Waals surface area contributed by atoms with Gasteiger partial charge in [0.2, 0.25) is 0 Å². The molecule has 1 aliphatic heterocycles. The average Bonchev–Trinajstić information content (AvgIpc) is 3.20. The molecule has 218 valence electrons. The minimum absolute atomic E-state index is 0.111. The molecule has 1 heterocycles. The van der Waals surface area contributed by atoms with Gasteiger partial charge in [-0.3, -0.25) is 9.59 Å². The molecule has 2 aromatic carbocycles. The van der Waals surface area contributed by atoms with Crippen molar-refractivity contribution < 1.29 is 24.2 Å². The Hall–Kier alpha value is -3.32. The van der Waals surface area contributed by atoms with Crippen LogP contribution in [0, 0.1) is 12.8 Å². The lowest BCUT2D eigenvalue weighted by atomic mass is 9.94. The fourth-order valence-corrected chi connectivity index (χ4v) is 4.93. The molecular weight excluding hydrogens is 504 g/mol. The van der Waals surface area contributed by atoms with Gasteiger partial charge in [-0.1, -0.05) is 59.6 Å². The normalized spacial score (nSPS) is 16.8. The first-order valence-corrected chi connectivity index (χ1v) is 14.7. The maximum atomic E-state index is 13.5. The molecule has 2 aromatic rings. The van der Waals surface area contributed by atoms with Gasteiger partial charge in [-0.15, -0.1) is 0 Å². The van der Waals surface area contributed by atoms with Crippen LogP contribution in [0.3, 0.4) is 0 Å². The van der Waals surface area contributed by atoms with E-state index in [0.717, 1.165) is 49.2 Å². The number of Topliss-reactive ketones (excluding diaryl/α,β-unsaturated/α-hetero) is 1. The monoisotopic (exact) mass is 550 g/mol. The van der Waals surface area contributed by atoms with Crippen molar-refractivity contribution in [2.45, 2.75) is 66.8 Å². The van der Waals surface area contributed by atoms with Crippen molar-refractivity contribution >= 4 is 17.4 Å². The molecule has 0 spiro atoms. The Kier molecular flexibility index (Phi) is 11.6. The van der Waals surface area contributed by atoms with E-state index in [1.165, 1.54) is 0 Å². The predicted octanol–water partition coefficient (Wildman–Crippen LogP) is 6.36. The zero-order chi connectivity index (χ0) is 29.2. The number of unbranched alkanes of at least 4 members (excludes halogenated alkanes) is 2. The molecule has 1 aliphatic rings. The van der Waals surface area contributed by atoms with E-state index >= 15 is 0 Å². The zero-order valence-electron chi connectivity index (χ0n) is 25.0. The summed E-state index contributed by atoms with van der Waals surface area (Å²) < 4.78 is 11.7. The maximum Gasteiger partial charge on any atom is 0.295 e. The highest BCUT2D eigenvalue weighted by Crippen LogP contribution is 2.40. The largest absolute Gasteiger partial charge is 0.507 e. The number of rotatable bonds is 15. The van der Waals surface area contributed by atoms with E-state index in [1.54, 1.807) is 17.0 Å². The number of aliphatic hydroxyl groups is 1. The molecule has 7 heteroatoms. The third-order valence-corrected chi connectivity index (χ3v) is 7.34. The number of nitrogens with zero attached hydrogens (tertiary/aromatic N) is 2. The number of likely N-dealkylation sites (N-methyl/N-ethyl adjacent to an activating group) is 1. The van der Waals surface area contributed by atoms with Crippen LogP contribution < -0.4 is 9.47 Å². The number of hydrogen-bond donors (Lipinski definition) is 1. The van der Waals surface area contributed by atoms with Crippen LogP contribution in [0.1, 0.15) is 76.6 Å². The first-order valence-electron chi connectivity index (χ1n) is 14.7. The summed E-state index contributed by atoms with van der Waals surface area (Å²) >= 11 is 0. The molecular formula is C33H46N2O5. The van der Waals surface area contributed by atoms with Gasteiger partial charge in [0.15, 0.2) is 0 Å². The van der Waals surface area contributed by atoms with Crippen molar-refractivity contribution in [1.82, 2.24) is 9.80 Å². The van der Waals surface area contributed by atoms with Crippen molar-refractivity contribution in [1.29, 1.82) is 0 Å². The quantitative estimate of drug-likeness (QED) is 0.120. The SMILES string of the molecule is CCCCCOc1ccc(C2C(=C(O)c3ccc(OCC(C)C)cc3C)C(=O)C(=O)N2CCN(CC)CC)cc1. The summed E-state index contributed by atoms with van der Waals surface area (Å²) in [6.45, 7) is 16.3. The number of aliphatic hydroxyl groups excluding tert-OH is 1. The minimum atomic E-state index is -0.694. The standard InChI is InChI=1S/C33H46N2O5/c1-7-10-11-20-39-26-14-12-25(13-15-26)30-29(32(37)33(38)35(30)19-18-34(8-2)9-3)31(36)28-17-16-27(21-24(28)6)40-22-23(4)5/h12-17,21,23,30,36H,7-11,18-20,22H2,1-6H3. The van der Waals surface area contributed by atoms with Crippen molar-refractivity contribution in [2.75, 3.05) is 39.4 Å². The topological polar surface area (TPSA) is 79.3 Å². The Bertz CT molecular complexity index is 1170. The maximum absolute atomic E-state index is 13.5. The minimum Gasteiger partial charge on any atom is -0.507 e. The number of hydrogen-bond acceptors (Lipinski definition) is 6. The Balaban J connectivity index is 2.00. The number of benzene rings is 2. The number of amides is 1. The van der Waals surface area contributed by atoms with Crippen LogP contribution in [0.15, 0.2) is 48.0 Å². The van der Waals surface area contributed by atoms with E-state index in [-0.39, 0.29) is 11.3 Å². The van der Waals surface area contributed by atoms with Crippen molar-refractivity contribution in [3.8, 4) is 11.5 Å². The van der Waals surface area contributed by atoms with E-state index in [0.29, 0.717) is 43.5 Å². The first-order chi connectivity index (χ1) is 19.2. The highest BCUT2D eigenvalue weighted by atomic mass is 16.5. The number of carbonyl (C=O) groups excluding carboxylic acids is 2. The van der Waals surface area contributed by atoms with Gasteiger partial charge in [-0.05, 0) is 73.8 Å². The third-order valence-electron chi connectivity index (χ3n) is 7.34. The van der Waals surface area contributed by atoms with Gasteiger partial charge in [-0.2, -0.15) is 0 Å². The molecule has 0 aromatic heterocycles. The van der Waals surface area contributed by atoms with Crippen molar-refractivity contribution in [3.63, 3.8) is 0 Å². The van der Waals surface area contributed by atoms with Crippen LogP contribution in [-0.2, 0) is 9.59 Å². The molecule has 0 bridgehead atoms. The van der Waals surface area contributed by atoms with Gasteiger partial charge in [0.1, 0.15) is 17.3 Å². The lowest BCUT2D eigenvalue weighted by Crippen LogP contribution is -2.38. The highest BCUT2D eigenvalue weighted by molar-refractivity contribution is 6.46. The highest BCUT2D eigenvalue weighted by Gasteiger charge is 2.46. The molecule has 0 saturated carbocycles. The Morgan fingerprint density at radius 2 is 1.65 bits per heavy atom. The summed E-state index contributed by atoms with van der Waals surface area (Å²) in [6, 6.07) is 12.2. The zero-order valence-corrected chi connectivity index (χ0v) is 25.0. The molecule has 1 N–H and O–H groups in total. The molecule has 1 fully saturated rings.